The van der Waals surface area contributed by atoms with Crippen molar-refractivity contribution in [2.75, 3.05) is 6.61 Å². The number of rotatable bonds is 5. The van der Waals surface area contributed by atoms with Gasteiger partial charge in [0.15, 0.2) is 0 Å². The van der Waals surface area contributed by atoms with E-state index in [2.05, 4.69) is 0 Å². The molecule has 2 rings (SSSR count). The van der Waals surface area contributed by atoms with Gasteiger partial charge in [0.05, 0.1) is 6.04 Å². The summed E-state index contributed by atoms with van der Waals surface area (Å²) in [5.74, 6) is -2.35. The van der Waals surface area contributed by atoms with Gasteiger partial charge in [-0.15, -0.1) is 12.4 Å². The molecule has 3 nitrogen and oxygen atoms in total. The lowest BCUT2D eigenvalue weighted by Gasteiger charge is -2.22. The van der Waals surface area contributed by atoms with Crippen molar-refractivity contribution in [3.8, 4) is 11.5 Å². The molecule has 2 aromatic rings. The number of aliphatic hydroxyl groups is 1. The molecule has 21 heavy (non-hydrogen) atoms. The van der Waals surface area contributed by atoms with Gasteiger partial charge in [-0.25, -0.2) is 8.78 Å². The lowest BCUT2D eigenvalue weighted by Crippen LogP contribution is -2.36. The number of para-hydroxylation sites is 1. The van der Waals surface area contributed by atoms with Crippen molar-refractivity contribution in [2.24, 2.45) is 5.73 Å². The van der Waals surface area contributed by atoms with Gasteiger partial charge in [0, 0.05) is 0 Å². The quantitative estimate of drug-likeness (QED) is 0.887. The molecule has 0 amide bonds. The monoisotopic (exact) mass is 315 g/mol. The van der Waals surface area contributed by atoms with Crippen molar-refractivity contribution >= 4 is 12.4 Å². The van der Waals surface area contributed by atoms with Crippen LogP contribution in [0.25, 0.3) is 0 Å². The molecule has 0 bridgehead atoms. The Balaban J connectivity index is 0.00000220. The molecule has 6 heteroatoms. The Hall–Kier alpha value is -1.69. The van der Waals surface area contributed by atoms with E-state index < -0.39 is 18.6 Å². The Morgan fingerprint density at radius 1 is 1.05 bits per heavy atom. The first-order valence-corrected chi connectivity index (χ1v) is 6.10. The van der Waals surface area contributed by atoms with Crippen molar-refractivity contribution in [3.63, 3.8) is 0 Å². The van der Waals surface area contributed by atoms with E-state index in [4.69, 9.17) is 15.6 Å². The fraction of sp³-hybridized carbons (Fsp3) is 0.200. The van der Waals surface area contributed by atoms with Gasteiger partial charge in [0.2, 0.25) is 0 Å². The average Bonchev–Trinajstić information content (AvgIpc) is 2.48. The number of nitrogens with two attached hydrogens (primary N) is 1. The second-order valence-corrected chi connectivity index (χ2v) is 4.38. The molecule has 2 aromatic carbocycles. The summed E-state index contributed by atoms with van der Waals surface area (Å²) in [5, 5.41) is 8.67. The smallest absolute Gasteiger partial charge is 0.289 e. The summed E-state index contributed by atoms with van der Waals surface area (Å²) in [6.07, 6.45) is 0. The van der Waals surface area contributed by atoms with E-state index in [-0.39, 0.29) is 18.0 Å². The van der Waals surface area contributed by atoms with Crippen molar-refractivity contribution in [1.82, 2.24) is 0 Å². The summed E-state index contributed by atoms with van der Waals surface area (Å²) in [6.45, 7) is -1.29. The highest BCUT2D eigenvalue weighted by Gasteiger charge is 2.37. The minimum atomic E-state index is -3.37. The maximum Gasteiger partial charge on any atom is 0.289 e. The molecule has 0 heterocycles. The van der Waals surface area contributed by atoms with E-state index in [1.54, 1.807) is 24.3 Å². The summed E-state index contributed by atoms with van der Waals surface area (Å²) >= 11 is 0. The predicted octanol–water partition coefficient (Wildman–Crippen LogP) is 3.53. The Kier molecular flexibility index (Phi) is 6.08. The van der Waals surface area contributed by atoms with Crippen molar-refractivity contribution in [3.05, 3.63) is 60.2 Å². The lowest BCUT2D eigenvalue weighted by molar-refractivity contribution is -0.0712. The maximum absolute atomic E-state index is 13.4. The molecule has 3 N–H and O–H groups in total. The van der Waals surface area contributed by atoms with Crippen LogP contribution >= 0.6 is 12.4 Å². The lowest BCUT2D eigenvalue weighted by atomic mass is 10.0. The topological polar surface area (TPSA) is 55.5 Å². The van der Waals surface area contributed by atoms with Gasteiger partial charge in [0.25, 0.3) is 5.92 Å². The molecule has 0 saturated carbocycles. The van der Waals surface area contributed by atoms with E-state index in [1.165, 1.54) is 12.1 Å². The molecule has 0 aliphatic rings. The Morgan fingerprint density at radius 2 is 1.67 bits per heavy atom. The molecule has 0 aliphatic heterocycles. The molecule has 0 radical (unpaired) electrons. The van der Waals surface area contributed by atoms with E-state index in [1.807, 2.05) is 18.2 Å². The number of hydrogen-bond acceptors (Lipinski definition) is 3. The molecule has 0 spiro atoms. The van der Waals surface area contributed by atoms with Crippen LogP contribution in [0.5, 0.6) is 11.5 Å². The SMILES string of the molecule is Cl.N[C@@H](c1cccc(Oc2ccccc2)c1)C(F)(F)CO. The van der Waals surface area contributed by atoms with Crippen molar-refractivity contribution < 1.29 is 18.6 Å². The highest BCUT2D eigenvalue weighted by atomic mass is 35.5. The molecule has 0 unspecified atom stereocenters. The van der Waals surface area contributed by atoms with Gasteiger partial charge < -0.3 is 15.6 Å². The third-order valence-electron chi connectivity index (χ3n) is 2.86. The highest BCUT2D eigenvalue weighted by molar-refractivity contribution is 5.85. The first-order valence-electron chi connectivity index (χ1n) is 6.10. The van der Waals surface area contributed by atoms with E-state index in [9.17, 15) is 8.78 Å². The second-order valence-electron chi connectivity index (χ2n) is 4.38. The van der Waals surface area contributed by atoms with Gasteiger partial charge in [-0.1, -0.05) is 30.3 Å². The number of aliphatic hydroxyl groups excluding tert-OH is 1. The van der Waals surface area contributed by atoms with Crippen LogP contribution in [0.3, 0.4) is 0 Å². The molecule has 0 fully saturated rings. The third-order valence-corrected chi connectivity index (χ3v) is 2.86. The zero-order valence-corrected chi connectivity index (χ0v) is 11.9. The predicted molar refractivity (Wildman–Crippen MR) is 79.2 cm³/mol. The summed E-state index contributed by atoms with van der Waals surface area (Å²) in [4.78, 5) is 0. The number of alkyl halides is 2. The van der Waals surface area contributed by atoms with Crippen LogP contribution in [0, 0.1) is 0 Å². The van der Waals surface area contributed by atoms with Gasteiger partial charge in [-0.3, -0.25) is 0 Å². The summed E-state index contributed by atoms with van der Waals surface area (Å²) in [5.41, 5.74) is 5.69. The van der Waals surface area contributed by atoms with Gasteiger partial charge in [-0.05, 0) is 29.8 Å². The number of ether oxygens (including phenoxy) is 1. The van der Waals surface area contributed by atoms with Crippen LogP contribution < -0.4 is 10.5 Å². The molecule has 1 atom stereocenters. The van der Waals surface area contributed by atoms with E-state index in [0.29, 0.717) is 11.5 Å². The highest BCUT2D eigenvalue weighted by Crippen LogP contribution is 2.31. The number of hydrogen-bond donors (Lipinski definition) is 2. The van der Waals surface area contributed by atoms with Crippen LogP contribution in [-0.2, 0) is 0 Å². The summed E-state index contributed by atoms with van der Waals surface area (Å²) in [6, 6.07) is 13.6. The Morgan fingerprint density at radius 3 is 2.29 bits per heavy atom. The van der Waals surface area contributed by atoms with Crippen LogP contribution in [0.15, 0.2) is 54.6 Å². The Labute approximate surface area is 127 Å². The average molecular weight is 316 g/mol. The fourth-order valence-corrected chi connectivity index (χ4v) is 1.74. The zero-order valence-electron chi connectivity index (χ0n) is 11.1. The van der Waals surface area contributed by atoms with Crippen LogP contribution in [-0.4, -0.2) is 17.6 Å². The van der Waals surface area contributed by atoms with Crippen molar-refractivity contribution in [2.45, 2.75) is 12.0 Å². The zero-order chi connectivity index (χ0) is 14.6. The minimum Gasteiger partial charge on any atom is -0.457 e. The van der Waals surface area contributed by atoms with Gasteiger partial charge >= 0.3 is 0 Å². The standard InChI is InChI=1S/C15H15F2NO2.ClH/c16-15(17,10-19)14(18)11-5-4-8-13(9-11)20-12-6-2-1-3-7-12;/h1-9,14,19H,10,18H2;1H/t14-;/m0./s1. The van der Waals surface area contributed by atoms with Gasteiger partial charge in [-0.2, -0.15) is 0 Å². The molecule has 114 valence electrons. The van der Waals surface area contributed by atoms with Crippen LogP contribution in [0.4, 0.5) is 8.78 Å². The molecular formula is C15H16ClF2NO2. The minimum absolute atomic E-state index is 0. The molecular weight excluding hydrogens is 300 g/mol. The molecule has 0 saturated heterocycles. The van der Waals surface area contributed by atoms with Gasteiger partial charge in [0.1, 0.15) is 18.1 Å². The molecule has 0 aromatic heterocycles. The van der Waals surface area contributed by atoms with Crippen LogP contribution in [0.2, 0.25) is 0 Å². The van der Waals surface area contributed by atoms with E-state index >= 15 is 0 Å². The first-order chi connectivity index (χ1) is 9.53. The summed E-state index contributed by atoms with van der Waals surface area (Å²) < 4.78 is 32.3. The molecule has 0 aliphatic carbocycles. The fourth-order valence-electron chi connectivity index (χ4n) is 1.74. The first kappa shape index (κ1) is 17.4. The third kappa shape index (κ3) is 4.39. The van der Waals surface area contributed by atoms with E-state index in [0.717, 1.165) is 0 Å². The maximum atomic E-state index is 13.4. The second kappa shape index (κ2) is 7.36. The number of benzene rings is 2. The Bertz CT molecular complexity index is 567. The number of halogens is 3. The summed E-state index contributed by atoms with van der Waals surface area (Å²) in [7, 11) is 0. The van der Waals surface area contributed by atoms with Crippen LogP contribution in [0.1, 0.15) is 11.6 Å². The van der Waals surface area contributed by atoms with Crippen molar-refractivity contribution in [1.29, 1.82) is 0 Å². The normalized spacial score (nSPS) is 12.4. The largest absolute Gasteiger partial charge is 0.457 e.